The molecule has 0 amide bonds. The molecule has 0 aromatic heterocycles. The van der Waals surface area contributed by atoms with Crippen LogP contribution in [0.1, 0.15) is 0 Å². The maximum atomic E-state index is 10.4. The monoisotopic (exact) mass is 358 g/mol. The topological polar surface area (TPSA) is 176 Å². The van der Waals surface area contributed by atoms with Crippen LogP contribution in [0.3, 0.4) is 0 Å². The summed E-state index contributed by atoms with van der Waals surface area (Å²) in [6.07, 6.45) is 0. The molecule has 0 aliphatic carbocycles. The van der Waals surface area contributed by atoms with E-state index < -0.39 is 32.3 Å². The zero-order valence-corrected chi connectivity index (χ0v) is 11.4. The third kappa shape index (κ3) is 44.9. The number of hydrogen-bond donors (Lipinski definition) is 7. The Morgan fingerprint density at radius 3 is 1.09 bits per heavy atom. The zero-order chi connectivity index (χ0) is 18.3. The first-order chi connectivity index (χ1) is 9.80. The zero-order valence-electron chi connectivity index (χ0n) is 10.6. The molecule has 0 heterocycles. The molecule has 1 rings (SSSR count). The second kappa shape index (κ2) is 17.8. The molecule has 1 aromatic rings. The molecule has 0 atom stereocenters. The second-order valence-corrected chi connectivity index (χ2v) is 4.14. The van der Waals surface area contributed by atoms with E-state index in [1.54, 1.807) is 18.2 Å². The van der Waals surface area contributed by atoms with Gasteiger partial charge in [0.15, 0.2) is 0 Å². The third-order valence-corrected chi connectivity index (χ3v) is 1.91. The van der Waals surface area contributed by atoms with E-state index in [2.05, 4.69) is 0 Å². The first-order valence-corrected chi connectivity index (χ1v) is 6.27. The molecule has 0 saturated carbocycles. The summed E-state index contributed by atoms with van der Waals surface area (Å²) in [5.41, 5.74) is 0. The SMILES string of the molecule is O=S(=O)(O)c1ccccc1.OB(O)F.OB(O)F.OB(O)F.[LiH]. The van der Waals surface area contributed by atoms with Gasteiger partial charge in [-0.15, -0.1) is 0 Å². The molecule has 0 unspecified atom stereocenters. The summed E-state index contributed by atoms with van der Waals surface area (Å²) >= 11 is 0. The van der Waals surface area contributed by atoms with Crippen molar-refractivity contribution in [2.24, 2.45) is 0 Å². The van der Waals surface area contributed by atoms with Gasteiger partial charge < -0.3 is 30.1 Å². The van der Waals surface area contributed by atoms with Crippen LogP contribution < -0.4 is 0 Å². The summed E-state index contributed by atoms with van der Waals surface area (Å²) < 4.78 is 59.6. The van der Waals surface area contributed by atoms with Crippen LogP contribution in [0.2, 0.25) is 0 Å². The van der Waals surface area contributed by atoms with Gasteiger partial charge in [-0.05, 0) is 12.1 Å². The molecule has 0 aliphatic rings. The van der Waals surface area contributed by atoms with E-state index in [0.29, 0.717) is 0 Å². The number of hydrogen-bond acceptors (Lipinski definition) is 8. The van der Waals surface area contributed by atoms with E-state index >= 15 is 0 Å². The summed E-state index contributed by atoms with van der Waals surface area (Å²) in [5, 5.41) is 41.7. The van der Waals surface area contributed by atoms with E-state index in [0.717, 1.165) is 0 Å². The van der Waals surface area contributed by atoms with Crippen LogP contribution in [-0.4, -0.2) is 84.2 Å². The fourth-order valence-corrected chi connectivity index (χ4v) is 1.09. The number of rotatable bonds is 1. The molecule has 1 aromatic carbocycles. The molecule has 0 bridgehead atoms. The maximum absolute atomic E-state index is 10.4. The van der Waals surface area contributed by atoms with Gasteiger partial charge in [0.05, 0.1) is 4.90 Å². The summed E-state index contributed by atoms with van der Waals surface area (Å²) in [5.74, 6) is 0. The Hall–Kier alpha value is -0.528. The minimum absolute atomic E-state index is 0. The van der Waals surface area contributed by atoms with Crippen LogP contribution in [-0.2, 0) is 10.1 Å². The predicted molar refractivity (Wildman–Crippen MR) is 77.3 cm³/mol. The Labute approximate surface area is 142 Å². The van der Waals surface area contributed by atoms with Gasteiger partial charge in [0.2, 0.25) is 0 Å². The number of halogens is 3. The van der Waals surface area contributed by atoms with Crippen molar-refractivity contribution in [3.8, 4) is 0 Å². The first kappa shape index (κ1) is 30.4. The molecule has 0 fully saturated rings. The Balaban J connectivity index is -0.000000118. The Morgan fingerprint density at radius 1 is 0.739 bits per heavy atom. The van der Waals surface area contributed by atoms with Gasteiger partial charge in [-0.2, -0.15) is 8.42 Å². The van der Waals surface area contributed by atoms with Gasteiger partial charge in [-0.25, -0.2) is 0 Å². The molecule has 128 valence electrons. The second-order valence-electron chi connectivity index (χ2n) is 2.72. The van der Waals surface area contributed by atoms with Crippen molar-refractivity contribution in [1.82, 2.24) is 0 Å². The van der Waals surface area contributed by atoms with Crippen molar-refractivity contribution < 1.29 is 56.1 Å². The van der Waals surface area contributed by atoms with Crippen LogP contribution in [0.25, 0.3) is 0 Å². The molecule has 0 radical (unpaired) electrons. The van der Waals surface area contributed by atoms with Gasteiger partial charge >= 0.3 is 41.0 Å². The van der Waals surface area contributed by atoms with Crippen molar-refractivity contribution >= 4 is 51.2 Å². The van der Waals surface area contributed by atoms with Gasteiger partial charge in [-0.3, -0.25) is 17.5 Å². The van der Waals surface area contributed by atoms with Crippen molar-refractivity contribution in [2.75, 3.05) is 0 Å². The van der Waals surface area contributed by atoms with Gasteiger partial charge in [0.1, 0.15) is 0 Å². The standard InChI is InChI=1S/C6H6O3S.3BFH2O2.Li.H/c7-10(8,9)6-4-2-1-3-5-6;3*2-1(3)4;;/h1-5H,(H,7,8,9);3*3-4H;;. The molecule has 0 aliphatic heterocycles. The van der Waals surface area contributed by atoms with E-state index in [4.69, 9.17) is 34.7 Å². The van der Waals surface area contributed by atoms with Crippen LogP contribution in [0.5, 0.6) is 0 Å². The fraction of sp³-hybridized carbons (Fsp3) is 0. The van der Waals surface area contributed by atoms with Crippen molar-refractivity contribution in [2.45, 2.75) is 4.90 Å². The van der Waals surface area contributed by atoms with Crippen molar-refractivity contribution in [1.29, 1.82) is 0 Å². The first-order valence-electron chi connectivity index (χ1n) is 4.83. The van der Waals surface area contributed by atoms with Gasteiger partial charge in [0.25, 0.3) is 10.1 Å². The fourth-order valence-electron chi connectivity index (χ4n) is 0.592. The predicted octanol–water partition coefficient (Wildman–Crippen LogP) is -2.94. The van der Waals surface area contributed by atoms with E-state index in [1.165, 1.54) is 12.1 Å². The molecule has 7 N–H and O–H groups in total. The van der Waals surface area contributed by atoms with Gasteiger partial charge in [0, 0.05) is 0 Å². The molecule has 0 saturated heterocycles. The van der Waals surface area contributed by atoms with E-state index in [-0.39, 0.29) is 23.8 Å². The minimum atomic E-state index is -4.00. The Kier molecular flexibility index (Phi) is 23.5. The average Bonchev–Trinajstić information content (AvgIpc) is 2.26. The van der Waals surface area contributed by atoms with E-state index in [9.17, 15) is 21.4 Å². The Bertz CT molecular complexity index is 431. The van der Waals surface area contributed by atoms with Crippen molar-refractivity contribution in [3.63, 3.8) is 0 Å². The van der Waals surface area contributed by atoms with E-state index in [1.807, 2.05) is 0 Å². The summed E-state index contributed by atoms with van der Waals surface area (Å²) in [6.45, 7) is 0. The summed E-state index contributed by atoms with van der Waals surface area (Å²) in [6, 6.07) is 7.42. The van der Waals surface area contributed by atoms with Crippen LogP contribution in [0.4, 0.5) is 12.9 Å². The van der Waals surface area contributed by atoms with Crippen molar-refractivity contribution in [3.05, 3.63) is 30.3 Å². The summed E-state index contributed by atoms with van der Waals surface area (Å²) in [7, 11) is -12.0. The average molecular weight is 358 g/mol. The molecule has 17 heteroatoms. The number of benzene rings is 1. The molecule has 9 nitrogen and oxygen atoms in total. The summed E-state index contributed by atoms with van der Waals surface area (Å²) in [4.78, 5) is -0.0741. The third-order valence-electron chi connectivity index (χ3n) is 1.04. The van der Waals surface area contributed by atoms with Gasteiger partial charge in [-0.1, -0.05) is 18.2 Å². The quantitative estimate of drug-likeness (QED) is 0.205. The normalized spacial score (nSPS) is 8.43. The molecular weight excluding hydrogens is 344 g/mol. The van der Waals surface area contributed by atoms with Crippen LogP contribution in [0, 0.1) is 0 Å². The molecule has 0 spiro atoms. The molecular formula is C6H13B3F3LiO9S. The van der Waals surface area contributed by atoms with Crippen LogP contribution >= 0.6 is 0 Å². The molecule has 23 heavy (non-hydrogen) atoms. The Morgan fingerprint density at radius 2 is 0.957 bits per heavy atom. The van der Waals surface area contributed by atoms with Crippen LogP contribution in [0.15, 0.2) is 35.2 Å².